The summed E-state index contributed by atoms with van der Waals surface area (Å²) in [5, 5.41) is 7.29. The molecule has 9 heteroatoms. The van der Waals surface area contributed by atoms with Crippen LogP contribution < -0.4 is 10.6 Å². The Labute approximate surface area is 172 Å². The van der Waals surface area contributed by atoms with E-state index in [0.29, 0.717) is 22.5 Å². The number of hydrogen-bond acceptors (Lipinski definition) is 5. The van der Waals surface area contributed by atoms with Crippen molar-refractivity contribution in [1.82, 2.24) is 14.9 Å². The Hall–Kier alpha value is -0.770. The summed E-state index contributed by atoms with van der Waals surface area (Å²) in [6.07, 6.45) is 3.33. The first-order valence-corrected chi connectivity index (χ1v) is 13.0. The molecule has 0 spiro atoms. The Balaban J connectivity index is 1.88. The number of nitrogens with zero attached hydrogens (tertiary/aromatic N) is 2. The van der Waals surface area contributed by atoms with Crippen LogP contribution in [0.1, 0.15) is 38.5 Å². The second-order valence-corrected chi connectivity index (χ2v) is 11.1. The molecule has 0 bridgehead atoms. The highest BCUT2D eigenvalue weighted by molar-refractivity contribution is 8.00. The van der Waals surface area contributed by atoms with Crippen LogP contribution in [0.15, 0.2) is 21.3 Å². The minimum absolute atomic E-state index is 0.431. The molecule has 0 amide bonds. The SMILES string of the molecule is CCNC(=NCC1CCCS1)NCCc1ccc(S(=O)(=O)N(CC)CC)s1. The molecule has 1 unspecified atom stereocenters. The monoisotopic (exact) mass is 432 g/mol. The van der Waals surface area contributed by atoms with Gasteiger partial charge in [-0.25, -0.2) is 8.42 Å². The smallest absolute Gasteiger partial charge is 0.252 e. The third-order valence-corrected chi connectivity index (χ3v) is 9.46. The van der Waals surface area contributed by atoms with Crippen LogP contribution in [-0.4, -0.2) is 62.4 Å². The molecule has 1 atom stereocenters. The Bertz CT molecular complexity index is 693. The molecular formula is C18H32N4O2S3. The van der Waals surface area contributed by atoms with E-state index >= 15 is 0 Å². The summed E-state index contributed by atoms with van der Waals surface area (Å²) in [4.78, 5) is 5.76. The normalized spacial score (nSPS) is 18.2. The molecule has 1 fully saturated rings. The molecular weight excluding hydrogens is 400 g/mol. The van der Waals surface area contributed by atoms with Crippen LogP contribution in [0.2, 0.25) is 0 Å². The fraction of sp³-hybridized carbons (Fsp3) is 0.722. The highest BCUT2D eigenvalue weighted by atomic mass is 32.2. The summed E-state index contributed by atoms with van der Waals surface area (Å²) in [6.45, 7) is 9.20. The van der Waals surface area contributed by atoms with Crippen LogP contribution in [0.4, 0.5) is 0 Å². The van der Waals surface area contributed by atoms with Gasteiger partial charge in [-0.15, -0.1) is 11.3 Å². The molecule has 1 aromatic heterocycles. The van der Waals surface area contributed by atoms with Crippen molar-refractivity contribution in [3.63, 3.8) is 0 Å². The first-order chi connectivity index (χ1) is 13.0. The maximum atomic E-state index is 12.6. The molecule has 2 heterocycles. The molecule has 2 N–H and O–H groups in total. The Kier molecular flexibility index (Phi) is 9.41. The van der Waals surface area contributed by atoms with Gasteiger partial charge in [0.05, 0.1) is 6.54 Å². The summed E-state index contributed by atoms with van der Waals surface area (Å²) in [7, 11) is -3.36. The highest BCUT2D eigenvalue weighted by Crippen LogP contribution is 2.26. The minimum atomic E-state index is -3.36. The van der Waals surface area contributed by atoms with E-state index in [1.54, 1.807) is 6.07 Å². The van der Waals surface area contributed by atoms with Gasteiger partial charge in [0.25, 0.3) is 10.0 Å². The molecule has 0 aliphatic carbocycles. The number of hydrogen-bond donors (Lipinski definition) is 2. The van der Waals surface area contributed by atoms with Crippen molar-refractivity contribution in [1.29, 1.82) is 0 Å². The molecule has 1 aliphatic rings. The van der Waals surface area contributed by atoms with E-state index in [1.165, 1.54) is 34.2 Å². The van der Waals surface area contributed by atoms with Crippen molar-refractivity contribution in [3.05, 3.63) is 17.0 Å². The standard InChI is InChI=1S/C18H32N4O2S3/c1-4-19-18(21-14-16-8-7-13-25-16)20-12-11-15-9-10-17(26-15)27(23,24)22(5-2)6-3/h9-10,16H,4-8,11-14H2,1-3H3,(H2,19,20,21). The molecule has 0 radical (unpaired) electrons. The topological polar surface area (TPSA) is 73.8 Å². The van der Waals surface area contributed by atoms with Gasteiger partial charge in [0.2, 0.25) is 0 Å². The van der Waals surface area contributed by atoms with Crippen LogP contribution in [0.3, 0.4) is 0 Å². The van der Waals surface area contributed by atoms with E-state index in [2.05, 4.69) is 17.6 Å². The first kappa shape index (κ1) is 22.5. The lowest BCUT2D eigenvalue weighted by Gasteiger charge is -2.16. The summed E-state index contributed by atoms with van der Waals surface area (Å²) in [6, 6.07) is 3.65. The molecule has 0 aromatic carbocycles. The molecule has 1 saturated heterocycles. The fourth-order valence-electron chi connectivity index (χ4n) is 2.95. The number of sulfonamides is 1. The van der Waals surface area contributed by atoms with Crippen molar-refractivity contribution in [2.45, 2.75) is 49.5 Å². The summed E-state index contributed by atoms with van der Waals surface area (Å²) < 4.78 is 27.1. The Morgan fingerprint density at radius 3 is 2.67 bits per heavy atom. The van der Waals surface area contributed by atoms with Crippen molar-refractivity contribution < 1.29 is 8.42 Å². The number of thiophene rings is 1. The van der Waals surface area contributed by atoms with Gasteiger partial charge in [-0.3, -0.25) is 4.99 Å². The highest BCUT2D eigenvalue weighted by Gasteiger charge is 2.23. The summed E-state index contributed by atoms with van der Waals surface area (Å²) in [5.74, 6) is 2.10. The van der Waals surface area contributed by atoms with Crippen molar-refractivity contribution in [2.24, 2.45) is 4.99 Å². The van der Waals surface area contributed by atoms with Crippen molar-refractivity contribution >= 4 is 39.1 Å². The van der Waals surface area contributed by atoms with Crippen molar-refractivity contribution in [2.75, 3.05) is 38.5 Å². The number of rotatable bonds is 10. The van der Waals surface area contributed by atoms with Crippen LogP contribution in [-0.2, 0) is 16.4 Å². The van der Waals surface area contributed by atoms with Crippen LogP contribution in [0.5, 0.6) is 0 Å². The van der Waals surface area contributed by atoms with Crippen LogP contribution in [0.25, 0.3) is 0 Å². The van der Waals surface area contributed by atoms with Gasteiger partial charge in [-0.1, -0.05) is 13.8 Å². The molecule has 1 aromatic rings. The van der Waals surface area contributed by atoms with Gasteiger partial charge in [0.15, 0.2) is 5.96 Å². The second kappa shape index (κ2) is 11.3. The second-order valence-electron chi connectivity index (χ2n) is 6.34. The zero-order chi connectivity index (χ0) is 19.7. The van der Waals surface area contributed by atoms with E-state index in [1.807, 2.05) is 31.7 Å². The molecule has 154 valence electrons. The molecule has 6 nitrogen and oxygen atoms in total. The van der Waals surface area contributed by atoms with Gasteiger partial charge in [-0.05, 0) is 44.1 Å². The Morgan fingerprint density at radius 1 is 1.26 bits per heavy atom. The summed E-state index contributed by atoms with van der Waals surface area (Å²) in [5.41, 5.74) is 0. The Morgan fingerprint density at radius 2 is 2.04 bits per heavy atom. The van der Waals surface area contributed by atoms with Gasteiger partial charge in [0.1, 0.15) is 4.21 Å². The lowest BCUT2D eigenvalue weighted by atomic mass is 10.2. The largest absolute Gasteiger partial charge is 0.357 e. The van der Waals surface area contributed by atoms with E-state index in [9.17, 15) is 8.42 Å². The van der Waals surface area contributed by atoms with Gasteiger partial charge < -0.3 is 10.6 Å². The zero-order valence-corrected chi connectivity index (χ0v) is 19.0. The van der Waals surface area contributed by atoms with Crippen LogP contribution >= 0.6 is 23.1 Å². The number of aliphatic imine (C=N–C) groups is 1. The van der Waals surface area contributed by atoms with E-state index in [4.69, 9.17) is 4.99 Å². The van der Waals surface area contributed by atoms with Gasteiger partial charge in [-0.2, -0.15) is 16.1 Å². The fourth-order valence-corrected chi connectivity index (χ4v) is 7.10. The minimum Gasteiger partial charge on any atom is -0.357 e. The lowest BCUT2D eigenvalue weighted by Crippen LogP contribution is -2.38. The average molecular weight is 433 g/mol. The summed E-state index contributed by atoms with van der Waals surface area (Å²) >= 11 is 3.38. The maximum Gasteiger partial charge on any atom is 0.252 e. The molecule has 27 heavy (non-hydrogen) atoms. The maximum absolute atomic E-state index is 12.6. The van der Waals surface area contributed by atoms with Gasteiger partial charge in [0, 0.05) is 36.3 Å². The van der Waals surface area contributed by atoms with E-state index in [0.717, 1.165) is 36.9 Å². The molecule has 2 rings (SSSR count). The number of guanidine groups is 1. The number of nitrogens with one attached hydrogen (secondary N) is 2. The molecule has 1 aliphatic heterocycles. The third-order valence-electron chi connectivity index (χ3n) is 4.42. The average Bonchev–Trinajstić information content (AvgIpc) is 3.32. The number of thioether (sulfide) groups is 1. The van der Waals surface area contributed by atoms with E-state index in [-0.39, 0.29) is 0 Å². The van der Waals surface area contributed by atoms with Crippen molar-refractivity contribution in [3.8, 4) is 0 Å². The first-order valence-electron chi connectivity index (χ1n) is 9.73. The quantitative estimate of drug-likeness (QED) is 0.439. The van der Waals surface area contributed by atoms with Crippen LogP contribution in [0, 0.1) is 0 Å². The predicted molar refractivity (Wildman–Crippen MR) is 118 cm³/mol. The third kappa shape index (κ3) is 6.66. The van der Waals surface area contributed by atoms with Gasteiger partial charge >= 0.3 is 0 Å². The molecule has 0 saturated carbocycles. The zero-order valence-electron chi connectivity index (χ0n) is 16.5. The van der Waals surface area contributed by atoms with E-state index < -0.39 is 10.0 Å². The lowest BCUT2D eigenvalue weighted by molar-refractivity contribution is 0.447. The predicted octanol–water partition coefficient (Wildman–Crippen LogP) is 2.77.